The standard InChI is InChI=1S/C43H56N2O8S/c1-6-27-25-44-12-9-28-19-37(48-2)39(50-4)23-33(28)35(44)17-31(27)18-36-34-24-40(51-5)38(49-3)20-29(34)10-13-45(36)43(47)41-21-32(30-11-16-54-26-30)22-42(53-41)52-15-8-7-14-46/h11,16,19-21,23-24,26-27,31-32,35-36,42,46H,6-10,12-15,17-18,22,25H2,1-5H3/t27-,31+,32+,35-,36+,42-/m0/s1. The van der Waals surface area contributed by atoms with Gasteiger partial charge in [0.05, 0.1) is 41.1 Å². The predicted molar refractivity (Wildman–Crippen MR) is 209 cm³/mol. The Balaban J connectivity index is 1.23. The third-order valence-electron chi connectivity index (χ3n) is 12.2. The molecular formula is C43H56N2O8S. The van der Waals surface area contributed by atoms with Gasteiger partial charge in [0.15, 0.2) is 28.8 Å². The van der Waals surface area contributed by atoms with Crippen molar-refractivity contribution in [2.24, 2.45) is 11.8 Å². The minimum Gasteiger partial charge on any atom is -0.493 e. The molecule has 0 radical (unpaired) electrons. The number of allylic oxidation sites excluding steroid dienone is 1. The van der Waals surface area contributed by atoms with Gasteiger partial charge in [0.1, 0.15) is 0 Å². The molecule has 6 atom stereocenters. The Hall–Kier alpha value is -3.77. The molecule has 54 heavy (non-hydrogen) atoms. The summed E-state index contributed by atoms with van der Waals surface area (Å²) in [6.45, 7) is 5.50. The lowest BCUT2D eigenvalue weighted by Crippen LogP contribution is -2.48. The van der Waals surface area contributed by atoms with E-state index in [-0.39, 0.29) is 30.5 Å². The van der Waals surface area contributed by atoms with Gasteiger partial charge in [-0.05, 0) is 125 Å². The lowest BCUT2D eigenvalue weighted by Gasteiger charge is -2.49. The lowest BCUT2D eigenvalue weighted by molar-refractivity contribution is -0.155. The summed E-state index contributed by atoms with van der Waals surface area (Å²) in [6, 6.07) is 10.7. The maximum atomic E-state index is 15.0. The Kier molecular flexibility index (Phi) is 12.4. The van der Waals surface area contributed by atoms with Crippen LogP contribution in [0.25, 0.3) is 0 Å². The van der Waals surface area contributed by atoms with Crippen LogP contribution in [0, 0.1) is 11.8 Å². The molecule has 0 bridgehead atoms. The van der Waals surface area contributed by atoms with Crippen LogP contribution in [-0.2, 0) is 27.1 Å². The van der Waals surface area contributed by atoms with Crippen LogP contribution in [0.3, 0.4) is 0 Å². The topological polar surface area (TPSA) is 99.2 Å². The van der Waals surface area contributed by atoms with Crippen LogP contribution in [0.4, 0.5) is 0 Å². The summed E-state index contributed by atoms with van der Waals surface area (Å²) in [6.07, 6.45) is 8.05. The molecule has 2 aromatic carbocycles. The largest absolute Gasteiger partial charge is 0.493 e. The number of aliphatic hydroxyl groups excluding tert-OH is 1. The van der Waals surface area contributed by atoms with Gasteiger partial charge in [-0.3, -0.25) is 9.69 Å². The Morgan fingerprint density at radius 1 is 0.889 bits per heavy atom. The third-order valence-corrected chi connectivity index (χ3v) is 12.9. The summed E-state index contributed by atoms with van der Waals surface area (Å²) in [5.41, 5.74) is 6.12. The molecule has 0 unspecified atom stereocenters. The van der Waals surface area contributed by atoms with Gasteiger partial charge in [-0.1, -0.05) is 13.3 Å². The van der Waals surface area contributed by atoms with Gasteiger partial charge in [0.25, 0.3) is 5.91 Å². The number of methoxy groups -OCH3 is 4. The second kappa shape index (κ2) is 17.4. The van der Waals surface area contributed by atoms with E-state index >= 15 is 0 Å². The first-order chi connectivity index (χ1) is 26.4. The highest BCUT2D eigenvalue weighted by molar-refractivity contribution is 7.08. The number of carbonyl (C=O) groups is 1. The van der Waals surface area contributed by atoms with Crippen LogP contribution in [-0.4, -0.2) is 88.4 Å². The second-order valence-electron chi connectivity index (χ2n) is 15.0. The molecule has 11 heteroatoms. The molecule has 4 aliphatic rings. The number of aliphatic hydroxyl groups is 1. The molecule has 5 heterocycles. The van der Waals surface area contributed by atoms with Crippen molar-refractivity contribution in [3.63, 3.8) is 0 Å². The zero-order chi connectivity index (χ0) is 37.8. The van der Waals surface area contributed by atoms with Crippen LogP contribution < -0.4 is 18.9 Å². The van der Waals surface area contributed by atoms with Gasteiger partial charge in [-0.25, -0.2) is 0 Å². The maximum Gasteiger partial charge on any atom is 0.289 e. The van der Waals surface area contributed by atoms with Gasteiger partial charge >= 0.3 is 0 Å². The number of carbonyl (C=O) groups excluding carboxylic acids is 1. The smallest absolute Gasteiger partial charge is 0.289 e. The Labute approximate surface area is 323 Å². The van der Waals surface area contributed by atoms with E-state index in [9.17, 15) is 9.90 Å². The number of ether oxygens (including phenoxy) is 6. The van der Waals surface area contributed by atoms with Crippen LogP contribution in [0.15, 0.2) is 52.9 Å². The van der Waals surface area contributed by atoms with Crippen LogP contribution in [0.5, 0.6) is 23.0 Å². The molecule has 0 aliphatic carbocycles. The van der Waals surface area contributed by atoms with Crippen molar-refractivity contribution in [1.82, 2.24) is 9.80 Å². The molecule has 10 nitrogen and oxygen atoms in total. The average molecular weight is 761 g/mol. The van der Waals surface area contributed by atoms with Crippen molar-refractivity contribution in [2.75, 3.05) is 61.3 Å². The van der Waals surface area contributed by atoms with Crippen molar-refractivity contribution in [3.05, 3.63) is 80.7 Å². The summed E-state index contributed by atoms with van der Waals surface area (Å²) in [4.78, 5) is 19.7. The molecule has 1 N–H and O–H groups in total. The number of thiophene rings is 1. The minimum atomic E-state index is -0.548. The molecule has 1 aromatic heterocycles. The zero-order valence-electron chi connectivity index (χ0n) is 32.4. The van der Waals surface area contributed by atoms with E-state index in [0.717, 1.165) is 67.8 Å². The molecule has 7 rings (SSSR count). The van der Waals surface area contributed by atoms with Gasteiger partial charge in [0, 0.05) is 44.6 Å². The zero-order valence-corrected chi connectivity index (χ0v) is 33.2. The molecule has 1 amide bonds. The van der Waals surface area contributed by atoms with Crippen LogP contribution in [0.2, 0.25) is 0 Å². The van der Waals surface area contributed by atoms with E-state index in [4.69, 9.17) is 28.4 Å². The highest BCUT2D eigenvalue weighted by atomic mass is 32.1. The highest BCUT2D eigenvalue weighted by Crippen LogP contribution is 2.50. The molecular weight excluding hydrogens is 705 g/mol. The van der Waals surface area contributed by atoms with Crippen molar-refractivity contribution >= 4 is 17.2 Å². The van der Waals surface area contributed by atoms with Crippen molar-refractivity contribution in [3.8, 4) is 23.0 Å². The summed E-state index contributed by atoms with van der Waals surface area (Å²) >= 11 is 1.65. The number of nitrogens with zero attached hydrogens (tertiary/aromatic N) is 2. The second-order valence-corrected chi connectivity index (χ2v) is 15.8. The van der Waals surface area contributed by atoms with Gasteiger partial charge in [-0.15, -0.1) is 0 Å². The van der Waals surface area contributed by atoms with E-state index in [1.165, 1.54) is 16.7 Å². The molecule has 292 valence electrons. The molecule has 0 saturated carbocycles. The number of hydrogen-bond acceptors (Lipinski definition) is 10. The molecule has 1 saturated heterocycles. The molecule has 1 fully saturated rings. The fourth-order valence-corrected chi connectivity index (χ4v) is 9.99. The lowest BCUT2D eigenvalue weighted by atomic mass is 9.72. The third kappa shape index (κ3) is 7.83. The number of fused-ring (bicyclic) bond motifs is 4. The number of amides is 1. The van der Waals surface area contributed by atoms with Gasteiger partial charge < -0.3 is 38.4 Å². The Morgan fingerprint density at radius 2 is 1.57 bits per heavy atom. The number of benzene rings is 2. The monoisotopic (exact) mass is 760 g/mol. The van der Waals surface area contributed by atoms with Crippen molar-refractivity contribution in [1.29, 1.82) is 0 Å². The van der Waals surface area contributed by atoms with E-state index in [0.29, 0.717) is 61.5 Å². The Morgan fingerprint density at radius 3 is 2.24 bits per heavy atom. The summed E-state index contributed by atoms with van der Waals surface area (Å²) in [5.74, 6) is 4.01. The first-order valence-electron chi connectivity index (χ1n) is 19.6. The maximum absolute atomic E-state index is 15.0. The summed E-state index contributed by atoms with van der Waals surface area (Å²) in [7, 11) is 6.75. The first-order valence-corrected chi connectivity index (χ1v) is 20.5. The average Bonchev–Trinajstić information content (AvgIpc) is 3.76. The molecule has 0 spiro atoms. The van der Waals surface area contributed by atoms with E-state index in [1.807, 2.05) is 6.08 Å². The van der Waals surface area contributed by atoms with E-state index < -0.39 is 6.29 Å². The van der Waals surface area contributed by atoms with Crippen LogP contribution in [0.1, 0.15) is 91.3 Å². The Bertz CT molecular complexity index is 1780. The summed E-state index contributed by atoms with van der Waals surface area (Å²) in [5, 5.41) is 13.5. The van der Waals surface area contributed by atoms with E-state index in [2.05, 4.69) is 57.8 Å². The number of unbranched alkanes of at least 4 members (excludes halogenated alkanes) is 1. The normalized spacial score (nSPS) is 25.1. The highest BCUT2D eigenvalue weighted by Gasteiger charge is 2.43. The predicted octanol–water partition coefficient (Wildman–Crippen LogP) is 7.45. The summed E-state index contributed by atoms with van der Waals surface area (Å²) < 4.78 is 35.7. The number of rotatable bonds is 14. The fraction of sp³-hybridized carbons (Fsp3) is 0.558. The quantitative estimate of drug-likeness (QED) is 0.168. The van der Waals surface area contributed by atoms with Crippen molar-refractivity contribution < 1.29 is 38.3 Å². The number of hydrogen-bond donors (Lipinski definition) is 1. The van der Waals surface area contributed by atoms with E-state index in [1.54, 1.807) is 39.8 Å². The minimum absolute atomic E-state index is 0.00228. The van der Waals surface area contributed by atoms with Gasteiger partial charge in [-0.2, -0.15) is 11.3 Å². The fourth-order valence-electron chi connectivity index (χ4n) is 9.27. The van der Waals surface area contributed by atoms with Crippen LogP contribution >= 0.6 is 11.3 Å². The SMILES string of the molecule is CC[C@H]1CN2CCc3cc(OC)c(OC)cc3[C@@H]2C[C@@H]1C[C@@H]1c2cc(OC)c(OC)cc2CCN1C(=O)C1=C[C@@H](c2ccsc2)C[C@@H](OCCCCO)O1. The first kappa shape index (κ1) is 38.5. The van der Waals surface area contributed by atoms with Crippen molar-refractivity contribution in [2.45, 2.75) is 82.6 Å². The van der Waals surface area contributed by atoms with Gasteiger partial charge in [0.2, 0.25) is 6.29 Å². The molecule has 4 aliphatic heterocycles. The number of piperidine rings is 1. The molecule has 3 aromatic rings.